The van der Waals surface area contributed by atoms with Gasteiger partial charge in [0.05, 0.1) is 10.8 Å². The van der Waals surface area contributed by atoms with E-state index >= 15 is 0 Å². The summed E-state index contributed by atoms with van der Waals surface area (Å²) in [6, 6.07) is 25.0. The molecule has 1 fully saturated rings. The number of esters is 1. The summed E-state index contributed by atoms with van der Waals surface area (Å²) >= 11 is 0. The minimum Gasteiger partial charge on any atom is -0.457 e. The largest absolute Gasteiger partial charge is 0.457 e. The molecule has 0 unspecified atom stereocenters. The number of ether oxygens (including phenoxy) is 2. The van der Waals surface area contributed by atoms with Gasteiger partial charge < -0.3 is 19.7 Å². The Bertz CT molecular complexity index is 1610. The zero-order chi connectivity index (χ0) is 28.2. The molecule has 10 heteroatoms. The third-order valence-electron chi connectivity index (χ3n) is 6.62. The standard InChI is InChI=1S/C30H25N3O7/c1-19-9-10-22(16-26(19)33(37)38)31-28(34)18-39-30(36)21-15-29(35)32(17-21)23-11-13-24(14-12-23)40-27-8-4-6-20-5-2-3-7-25(20)27/h2-14,16,21H,15,17-18H2,1H3,(H,31,34)/t21-/m1/s1. The number of aryl methyl sites for hydroxylation is 1. The van der Waals surface area contributed by atoms with Crippen molar-refractivity contribution in [1.29, 1.82) is 0 Å². The van der Waals surface area contributed by atoms with Crippen molar-refractivity contribution >= 4 is 45.6 Å². The normalized spacial score (nSPS) is 14.7. The summed E-state index contributed by atoms with van der Waals surface area (Å²) in [4.78, 5) is 49.5. The van der Waals surface area contributed by atoms with Crippen LogP contribution >= 0.6 is 0 Å². The zero-order valence-corrected chi connectivity index (χ0v) is 21.5. The van der Waals surface area contributed by atoms with Gasteiger partial charge in [-0.05, 0) is 48.7 Å². The highest BCUT2D eigenvalue weighted by molar-refractivity contribution is 6.00. The summed E-state index contributed by atoms with van der Waals surface area (Å²) in [5, 5.41) is 15.6. The maximum absolute atomic E-state index is 12.7. The first kappa shape index (κ1) is 26.4. The topological polar surface area (TPSA) is 128 Å². The number of hydrogen-bond acceptors (Lipinski definition) is 7. The number of nitrogens with zero attached hydrogens (tertiary/aromatic N) is 2. The van der Waals surface area contributed by atoms with Crippen molar-refractivity contribution in [2.75, 3.05) is 23.4 Å². The number of anilines is 2. The first-order valence-corrected chi connectivity index (χ1v) is 12.6. The first-order chi connectivity index (χ1) is 19.3. The molecular weight excluding hydrogens is 514 g/mol. The highest BCUT2D eigenvalue weighted by atomic mass is 16.6. The lowest BCUT2D eigenvalue weighted by molar-refractivity contribution is -0.385. The lowest BCUT2D eigenvalue weighted by Crippen LogP contribution is -2.28. The highest BCUT2D eigenvalue weighted by Gasteiger charge is 2.36. The van der Waals surface area contributed by atoms with Gasteiger partial charge in [0.15, 0.2) is 6.61 Å². The summed E-state index contributed by atoms with van der Waals surface area (Å²) in [5.41, 5.74) is 1.15. The summed E-state index contributed by atoms with van der Waals surface area (Å²) in [7, 11) is 0. The Morgan fingerprint density at radius 3 is 2.55 bits per heavy atom. The molecule has 40 heavy (non-hydrogen) atoms. The minimum absolute atomic E-state index is 0.0428. The van der Waals surface area contributed by atoms with Gasteiger partial charge in [0.2, 0.25) is 5.91 Å². The molecule has 10 nitrogen and oxygen atoms in total. The van der Waals surface area contributed by atoms with Crippen molar-refractivity contribution in [3.8, 4) is 11.5 Å². The van der Waals surface area contributed by atoms with Crippen LogP contribution in [0.5, 0.6) is 11.5 Å². The third kappa shape index (κ3) is 5.75. The lowest BCUT2D eigenvalue weighted by Gasteiger charge is -2.17. The van der Waals surface area contributed by atoms with E-state index in [0.29, 0.717) is 17.0 Å². The Kier molecular flexibility index (Phi) is 7.41. The van der Waals surface area contributed by atoms with E-state index in [4.69, 9.17) is 9.47 Å². The molecule has 1 saturated heterocycles. The van der Waals surface area contributed by atoms with Gasteiger partial charge in [-0.15, -0.1) is 0 Å². The second-order valence-electron chi connectivity index (χ2n) is 9.39. The molecule has 1 N–H and O–H groups in total. The van der Waals surface area contributed by atoms with Crippen molar-refractivity contribution in [2.24, 2.45) is 5.92 Å². The molecule has 0 aliphatic carbocycles. The minimum atomic E-state index is -0.729. The maximum atomic E-state index is 12.7. The van der Waals surface area contributed by atoms with Crippen molar-refractivity contribution in [3.05, 3.63) is 101 Å². The number of fused-ring (bicyclic) bond motifs is 1. The zero-order valence-electron chi connectivity index (χ0n) is 21.5. The Morgan fingerprint density at radius 1 is 1.02 bits per heavy atom. The Morgan fingerprint density at radius 2 is 1.77 bits per heavy atom. The summed E-state index contributed by atoms with van der Waals surface area (Å²) in [6.45, 7) is 1.13. The Labute approximate surface area is 229 Å². The molecule has 0 radical (unpaired) electrons. The van der Waals surface area contributed by atoms with Gasteiger partial charge >= 0.3 is 5.97 Å². The molecule has 1 heterocycles. The molecule has 4 aromatic rings. The average molecular weight is 540 g/mol. The lowest BCUT2D eigenvalue weighted by atomic mass is 10.1. The van der Waals surface area contributed by atoms with Gasteiger partial charge in [0, 0.05) is 41.4 Å². The SMILES string of the molecule is Cc1ccc(NC(=O)COC(=O)[C@@H]2CC(=O)N(c3ccc(Oc4cccc5ccccc45)cc3)C2)cc1[N+](=O)[O-]. The number of hydrogen-bond donors (Lipinski definition) is 1. The number of carbonyl (C=O) groups excluding carboxylic acids is 3. The second kappa shape index (κ2) is 11.2. The molecule has 0 bridgehead atoms. The number of nitro benzene ring substituents is 1. The quantitative estimate of drug-likeness (QED) is 0.181. The third-order valence-corrected chi connectivity index (χ3v) is 6.62. The number of carbonyl (C=O) groups is 3. The fraction of sp³-hybridized carbons (Fsp3) is 0.167. The van der Waals surface area contributed by atoms with Gasteiger partial charge in [0.25, 0.3) is 11.6 Å². The van der Waals surface area contributed by atoms with Crippen LogP contribution in [-0.2, 0) is 19.1 Å². The van der Waals surface area contributed by atoms with E-state index in [1.54, 1.807) is 31.2 Å². The van der Waals surface area contributed by atoms with Gasteiger partial charge in [0.1, 0.15) is 11.5 Å². The summed E-state index contributed by atoms with van der Waals surface area (Å²) < 4.78 is 11.2. The van der Waals surface area contributed by atoms with Crippen LogP contribution < -0.4 is 15.0 Å². The predicted octanol–water partition coefficient (Wildman–Crippen LogP) is 5.38. The number of rotatable bonds is 8. The monoisotopic (exact) mass is 539 g/mol. The highest BCUT2D eigenvalue weighted by Crippen LogP contribution is 2.32. The van der Waals surface area contributed by atoms with Gasteiger partial charge in [-0.3, -0.25) is 24.5 Å². The van der Waals surface area contributed by atoms with Crippen LogP contribution in [0.1, 0.15) is 12.0 Å². The molecule has 5 rings (SSSR count). The fourth-order valence-corrected chi connectivity index (χ4v) is 4.56. The van der Waals surface area contributed by atoms with E-state index in [-0.39, 0.29) is 30.2 Å². The first-order valence-electron chi connectivity index (χ1n) is 12.6. The van der Waals surface area contributed by atoms with Crippen molar-refractivity contribution < 1.29 is 28.8 Å². The molecule has 0 spiro atoms. The van der Waals surface area contributed by atoms with Crippen LogP contribution in [-0.4, -0.2) is 35.9 Å². The van der Waals surface area contributed by atoms with E-state index in [2.05, 4.69) is 5.32 Å². The van der Waals surface area contributed by atoms with Crippen LogP contribution in [0.3, 0.4) is 0 Å². The molecule has 202 valence electrons. The van der Waals surface area contributed by atoms with Gasteiger partial charge in [-0.1, -0.05) is 42.5 Å². The van der Waals surface area contributed by atoms with Gasteiger partial charge in [-0.2, -0.15) is 0 Å². The summed E-state index contributed by atoms with van der Waals surface area (Å²) in [5.74, 6) is -0.956. The van der Waals surface area contributed by atoms with E-state index in [1.807, 2.05) is 42.5 Å². The van der Waals surface area contributed by atoms with Crippen molar-refractivity contribution in [3.63, 3.8) is 0 Å². The number of amides is 2. The molecule has 4 aromatic carbocycles. The van der Waals surface area contributed by atoms with Crippen LogP contribution in [0.2, 0.25) is 0 Å². The smallest absolute Gasteiger partial charge is 0.311 e. The van der Waals surface area contributed by atoms with E-state index in [1.165, 1.54) is 23.1 Å². The Hall–Kier alpha value is -5.25. The second-order valence-corrected chi connectivity index (χ2v) is 9.39. The van der Waals surface area contributed by atoms with Crippen LogP contribution in [0.25, 0.3) is 10.8 Å². The van der Waals surface area contributed by atoms with E-state index in [9.17, 15) is 24.5 Å². The molecule has 1 aliphatic heterocycles. The average Bonchev–Trinajstić information content (AvgIpc) is 3.35. The number of nitrogens with one attached hydrogen (secondary N) is 1. The van der Waals surface area contributed by atoms with Crippen LogP contribution in [0.15, 0.2) is 84.9 Å². The number of nitro groups is 1. The maximum Gasteiger partial charge on any atom is 0.311 e. The molecule has 1 aliphatic rings. The summed E-state index contributed by atoms with van der Waals surface area (Å²) in [6.07, 6.45) is -0.0428. The Balaban J connectivity index is 1.16. The molecule has 2 amide bonds. The fourth-order valence-electron chi connectivity index (χ4n) is 4.56. The number of benzene rings is 4. The molecular formula is C30H25N3O7. The van der Waals surface area contributed by atoms with Crippen LogP contribution in [0, 0.1) is 23.0 Å². The van der Waals surface area contributed by atoms with Crippen LogP contribution in [0.4, 0.5) is 17.1 Å². The van der Waals surface area contributed by atoms with Crippen molar-refractivity contribution in [2.45, 2.75) is 13.3 Å². The molecule has 1 atom stereocenters. The molecule has 0 saturated carbocycles. The van der Waals surface area contributed by atoms with E-state index in [0.717, 1.165) is 16.5 Å². The van der Waals surface area contributed by atoms with Crippen molar-refractivity contribution in [1.82, 2.24) is 0 Å². The van der Waals surface area contributed by atoms with E-state index < -0.39 is 29.3 Å². The molecule has 0 aromatic heterocycles. The van der Waals surface area contributed by atoms with Gasteiger partial charge in [-0.25, -0.2) is 0 Å². The predicted molar refractivity (Wildman–Crippen MR) is 148 cm³/mol.